The van der Waals surface area contributed by atoms with Gasteiger partial charge in [0.15, 0.2) is 0 Å². The van der Waals surface area contributed by atoms with E-state index >= 15 is 0 Å². The van der Waals surface area contributed by atoms with Crippen LogP contribution in [0.2, 0.25) is 0 Å². The molecule has 110 valence electrons. The van der Waals surface area contributed by atoms with Gasteiger partial charge in [0.25, 0.3) is 0 Å². The van der Waals surface area contributed by atoms with Crippen molar-refractivity contribution in [3.05, 3.63) is 23.8 Å². The fraction of sp³-hybridized carbons (Fsp3) is 0.533. The van der Waals surface area contributed by atoms with Gasteiger partial charge in [0.2, 0.25) is 0 Å². The van der Waals surface area contributed by atoms with Crippen molar-refractivity contribution in [2.75, 3.05) is 30.3 Å². The van der Waals surface area contributed by atoms with Gasteiger partial charge in [-0.1, -0.05) is 13.0 Å². The largest absolute Gasteiger partial charge is 0.396 e. The minimum Gasteiger partial charge on any atom is -0.396 e. The van der Waals surface area contributed by atoms with Gasteiger partial charge < -0.3 is 15.7 Å². The molecule has 1 saturated heterocycles. The van der Waals surface area contributed by atoms with Crippen molar-refractivity contribution in [1.82, 2.24) is 0 Å². The van der Waals surface area contributed by atoms with Crippen molar-refractivity contribution in [3.63, 3.8) is 0 Å². The first-order valence-corrected chi connectivity index (χ1v) is 8.12. The lowest BCUT2D eigenvalue weighted by Gasteiger charge is -2.34. The van der Waals surface area contributed by atoms with Gasteiger partial charge in [-0.25, -0.2) is 0 Å². The number of nitrogens with zero attached hydrogens (tertiary/aromatic N) is 1. The molecule has 0 spiro atoms. The molecule has 2 rings (SSSR count). The minimum atomic E-state index is 0.140. The zero-order valence-corrected chi connectivity index (χ0v) is 12.7. The van der Waals surface area contributed by atoms with Crippen molar-refractivity contribution in [1.29, 1.82) is 5.41 Å². The first-order valence-electron chi connectivity index (χ1n) is 7.13. The van der Waals surface area contributed by atoms with E-state index in [1.54, 1.807) is 11.8 Å². The monoisotopic (exact) mass is 293 g/mol. The Hall–Kier alpha value is -1.20. The van der Waals surface area contributed by atoms with Crippen LogP contribution in [0.5, 0.6) is 0 Å². The van der Waals surface area contributed by atoms with Gasteiger partial charge in [-0.3, -0.25) is 5.41 Å². The Bertz CT molecular complexity index is 470. The standard InChI is InChI=1S/C15H23N3OS/c1-2-20-13-5-3-4-12(14(13)15(16)17)18-8-6-11(10-19)7-9-18/h3-5,11,19H,2,6-10H2,1H3,(H3,16,17). The van der Waals surface area contributed by atoms with Crippen molar-refractivity contribution >= 4 is 23.3 Å². The lowest BCUT2D eigenvalue weighted by molar-refractivity contribution is 0.203. The molecule has 0 radical (unpaired) electrons. The molecule has 0 amide bonds. The number of rotatable bonds is 5. The predicted molar refractivity (Wildman–Crippen MR) is 85.9 cm³/mol. The highest BCUT2D eigenvalue weighted by molar-refractivity contribution is 7.99. The van der Waals surface area contributed by atoms with Gasteiger partial charge in [-0.05, 0) is 36.6 Å². The number of nitrogen functional groups attached to an aromatic ring is 1. The molecule has 0 atom stereocenters. The molecule has 0 bridgehead atoms. The van der Waals surface area contributed by atoms with Gasteiger partial charge in [0, 0.05) is 30.3 Å². The fourth-order valence-electron chi connectivity index (χ4n) is 2.69. The second-order valence-corrected chi connectivity index (χ2v) is 6.42. The van der Waals surface area contributed by atoms with E-state index in [9.17, 15) is 5.11 Å². The van der Waals surface area contributed by atoms with Crippen LogP contribution in [0.4, 0.5) is 5.69 Å². The van der Waals surface area contributed by atoms with E-state index < -0.39 is 0 Å². The Morgan fingerprint density at radius 1 is 1.45 bits per heavy atom. The maximum absolute atomic E-state index is 9.23. The van der Waals surface area contributed by atoms with Crippen LogP contribution < -0.4 is 10.6 Å². The van der Waals surface area contributed by atoms with Crippen LogP contribution in [0.25, 0.3) is 0 Å². The summed E-state index contributed by atoms with van der Waals surface area (Å²) < 4.78 is 0. The third-order valence-electron chi connectivity index (χ3n) is 3.79. The summed E-state index contributed by atoms with van der Waals surface area (Å²) >= 11 is 1.73. The van der Waals surface area contributed by atoms with Gasteiger partial charge >= 0.3 is 0 Å². The SMILES string of the molecule is CCSc1cccc(N2CCC(CO)CC2)c1C(=N)N. The van der Waals surface area contributed by atoms with Crippen molar-refractivity contribution in [3.8, 4) is 0 Å². The van der Waals surface area contributed by atoms with Crippen LogP contribution in [-0.2, 0) is 0 Å². The van der Waals surface area contributed by atoms with Gasteiger partial charge in [-0.15, -0.1) is 11.8 Å². The van der Waals surface area contributed by atoms with Crippen molar-refractivity contribution < 1.29 is 5.11 Å². The molecular formula is C15H23N3OS. The second kappa shape index (κ2) is 6.99. The number of piperidine rings is 1. The molecule has 20 heavy (non-hydrogen) atoms. The highest BCUT2D eigenvalue weighted by Crippen LogP contribution is 2.32. The van der Waals surface area contributed by atoms with Crippen LogP contribution in [0.1, 0.15) is 25.3 Å². The Morgan fingerprint density at radius 2 is 2.15 bits per heavy atom. The molecular weight excluding hydrogens is 270 g/mol. The van der Waals surface area contributed by atoms with E-state index in [0.29, 0.717) is 5.92 Å². The first kappa shape index (κ1) is 15.2. The summed E-state index contributed by atoms with van der Waals surface area (Å²) in [6, 6.07) is 6.13. The van der Waals surface area contributed by atoms with E-state index in [1.165, 1.54) is 0 Å². The highest BCUT2D eigenvalue weighted by atomic mass is 32.2. The molecule has 1 aromatic rings. The average molecular weight is 293 g/mol. The average Bonchev–Trinajstić information content (AvgIpc) is 2.47. The molecule has 0 aromatic heterocycles. The second-order valence-electron chi connectivity index (χ2n) is 5.11. The van der Waals surface area contributed by atoms with Crippen LogP contribution >= 0.6 is 11.8 Å². The Morgan fingerprint density at radius 3 is 2.70 bits per heavy atom. The van der Waals surface area contributed by atoms with Crippen LogP contribution in [0.15, 0.2) is 23.1 Å². The molecule has 4 nitrogen and oxygen atoms in total. The summed E-state index contributed by atoms with van der Waals surface area (Å²) in [5.41, 5.74) is 7.73. The lowest BCUT2D eigenvalue weighted by atomic mass is 9.97. The number of anilines is 1. The number of hydrogen-bond acceptors (Lipinski definition) is 4. The van der Waals surface area contributed by atoms with Gasteiger partial charge in [0.05, 0.1) is 5.56 Å². The molecule has 1 fully saturated rings. The van der Waals surface area contributed by atoms with E-state index in [1.807, 2.05) is 12.1 Å². The predicted octanol–water partition coefficient (Wildman–Crippen LogP) is 2.29. The lowest BCUT2D eigenvalue weighted by Crippen LogP contribution is -2.36. The van der Waals surface area contributed by atoms with E-state index in [-0.39, 0.29) is 12.4 Å². The van der Waals surface area contributed by atoms with E-state index in [2.05, 4.69) is 17.9 Å². The van der Waals surface area contributed by atoms with E-state index in [4.69, 9.17) is 11.1 Å². The third kappa shape index (κ3) is 3.27. The molecule has 1 aliphatic rings. The first-order chi connectivity index (χ1) is 9.67. The zero-order valence-electron chi connectivity index (χ0n) is 11.9. The van der Waals surface area contributed by atoms with E-state index in [0.717, 1.165) is 47.8 Å². The topological polar surface area (TPSA) is 73.3 Å². The number of aliphatic hydroxyl groups is 1. The number of amidine groups is 1. The van der Waals surface area contributed by atoms with Crippen molar-refractivity contribution in [2.45, 2.75) is 24.7 Å². The summed E-state index contributed by atoms with van der Waals surface area (Å²) in [5, 5.41) is 17.1. The molecule has 0 unspecified atom stereocenters. The molecule has 0 saturated carbocycles. The summed E-state index contributed by atoms with van der Waals surface area (Å²) in [6.45, 7) is 4.23. The summed E-state index contributed by atoms with van der Waals surface area (Å²) in [5.74, 6) is 1.53. The third-order valence-corrected chi connectivity index (χ3v) is 4.73. The van der Waals surface area contributed by atoms with Crippen LogP contribution in [-0.4, -0.2) is 36.4 Å². The number of hydrogen-bond donors (Lipinski definition) is 3. The highest BCUT2D eigenvalue weighted by Gasteiger charge is 2.22. The number of benzene rings is 1. The maximum Gasteiger partial charge on any atom is 0.126 e. The summed E-state index contributed by atoms with van der Waals surface area (Å²) in [4.78, 5) is 3.38. The quantitative estimate of drug-likeness (QED) is 0.442. The number of nitrogens with two attached hydrogens (primary N) is 1. The van der Waals surface area contributed by atoms with Crippen LogP contribution in [0, 0.1) is 11.3 Å². The normalized spacial score (nSPS) is 16.4. The molecule has 1 aromatic carbocycles. The van der Waals surface area contributed by atoms with Gasteiger partial charge in [-0.2, -0.15) is 0 Å². The zero-order chi connectivity index (χ0) is 14.5. The molecule has 1 aliphatic heterocycles. The Kier molecular flexibility index (Phi) is 5.31. The maximum atomic E-state index is 9.23. The minimum absolute atomic E-state index is 0.140. The Balaban J connectivity index is 2.27. The van der Waals surface area contributed by atoms with Crippen molar-refractivity contribution in [2.24, 2.45) is 11.7 Å². The number of thioether (sulfide) groups is 1. The fourth-order valence-corrected chi connectivity index (χ4v) is 3.53. The number of nitrogens with one attached hydrogen (secondary N) is 1. The van der Waals surface area contributed by atoms with Gasteiger partial charge in [0.1, 0.15) is 5.84 Å². The summed E-state index contributed by atoms with van der Waals surface area (Å²) in [7, 11) is 0. The molecule has 4 N–H and O–H groups in total. The molecule has 1 heterocycles. The summed E-state index contributed by atoms with van der Waals surface area (Å²) in [6.07, 6.45) is 2.00. The molecule has 5 heteroatoms. The molecule has 0 aliphatic carbocycles. The number of aliphatic hydroxyl groups excluding tert-OH is 1. The Labute approximate surface area is 124 Å². The van der Waals surface area contributed by atoms with Crippen LogP contribution in [0.3, 0.4) is 0 Å². The smallest absolute Gasteiger partial charge is 0.126 e.